The van der Waals surface area contributed by atoms with E-state index in [-0.39, 0.29) is 0 Å². The molecule has 0 radical (unpaired) electrons. The average molecular weight is 283 g/mol. The first kappa shape index (κ1) is 13.1. The quantitative estimate of drug-likeness (QED) is 0.744. The van der Waals surface area contributed by atoms with E-state index in [2.05, 4.69) is 0 Å². The van der Waals surface area contributed by atoms with Crippen LogP contribution in [0.2, 0.25) is 5.02 Å². The zero-order valence-corrected chi connectivity index (χ0v) is 11.3. The molecule has 0 aliphatic carbocycles. The number of hydrogen-bond acceptors (Lipinski definition) is 2. The standard InChI is InChI=1S/C14H12Cl2O2/c1-17-12-3-2-4-13(8-12)18-14-6-5-11(16)7-10(14)9-15/h2-8H,9H2,1H3. The molecule has 0 aromatic heterocycles. The van der Waals surface area contributed by atoms with Crippen LogP contribution in [0.5, 0.6) is 17.2 Å². The predicted molar refractivity (Wildman–Crippen MR) is 74.1 cm³/mol. The van der Waals surface area contributed by atoms with E-state index in [1.807, 2.05) is 24.3 Å². The van der Waals surface area contributed by atoms with Gasteiger partial charge in [-0.3, -0.25) is 0 Å². The molecule has 0 spiro atoms. The van der Waals surface area contributed by atoms with Crippen molar-refractivity contribution in [2.75, 3.05) is 7.11 Å². The van der Waals surface area contributed by atoms with E-state index in [1.165, 1.54) is 0 Å². The van der Waals surface area contributed by atoms with E-state index in [0.717, 1.165) is 11.3 Å². The summed E-state index contributed by atoms with van der Waals surface area (Å²) >= 11 is 11.8. The fourth-order valence-corrected chi connectivity index (χ4v) is 1.95. The van der Waals surface area contributed by atoms with Gasteiger partial charge >= 0.3 is 0 Å². The summed E-state index contributed by atoms with van der Waals surface area (Å²) in [6.07, 6.45) is 0. The Morgan fingerprint density at radius 1 is 1.06 bits per heavy atom. The molecule has 2 aromatic rings. The topological polar surface area (TPSA) is 18.5 Å². The molecule has 0 aliphatic heterocycles. The van der Waals surface area contributed by atoms with E-state index < -0.39 is 0 Å². The normalized spacial score (nSPS) is 10.2. The number of benzene rings is 2. The van der Waals surface area contributed by atoms with Gasteiger partial charge in [0.1, 0.15) is 17.2 Å². The second kappa shape index (κ2) is 5.98. The van der Waals surface area contributed by atoms with Gasteiger partial charge in [0.2, 0.25) is 0 Å². The van der Waals surface area contributed by atoms with E-state index in [4.69, 9.17) is 32.7 Å². The Morgan fingerprint density at radius 3 is 2.56 bits per heavy atom. The Bertz CT molecular complexity index is 541. The fourth-order valence-electron chi connectivity index (χ4n) is 1.54. The molecule has 18 heavy (non-hydrogen) atoms. The van der Waals surface area contributed by atoms with Crippen LogP contribution in [0.1, 0.15) is 5.56 Å². The van der Waals surface area contributed by atoms with Gasteiger partial charge in [-0.05, 0) is 30.3 Å². The van der Waals surface area contributed by atoms with E-state index in [1.54, 1.807) is 25.3 Å². The van der Waals surface area contributed by atoms with Gasteiger partial charge in [-0.1, -0.05) is 17.7 Å². The molecule has 0 amide bonds. The van der Waals surface area contributed by atoms with Crippen molar-refractivity contribution in [1.82, 2.24) is 0 Å². The Kier molecular flexibility index (Phi) is 4.34. The molecule has 4 heteroatoms. The van der Waals surface area contributed by atoms with E-state index in [0.29, 0.717) is 22.4 Å². The molecule has 0 unspecified atom stereocenters. The van der Waals surface area contributed by atoms with E-state index in [9.17, 15) is 0 Å². The zero-order chi connectivity index (χ0) is 13.0. The van der Waals surface area contributed by atoms with Crippen molar-refractivity contribution >= 4 is 23.2 Å². The average Bonchev–Trinajstić information content (AvgIpc) is 2.41. The number of halogens is 2. The molecular weight excluding hydrogens is 271 g/mol. The lowest BCUT2D eigenvalue weighted by Gasteiger charge is -2.10. The minimum atomic E-state index is 0.347. The third-order valence-corrected chi connectivity index (χ3v) is 2.96. The highest BCUT2D eigenvalue weighted by atomic mass is 35.5. The molecule has 2 nitrogen and oxygen atoms in total. The van der Waals surface area contributed by atoms with Gasteiger partial charge in [0.25, 0.3) is 0 Å². The maximum atomic E-state index is 5.91. The highest BCUT2D eigenvalue weighted by Crippen LogP contribution is 2.30. The van der Waals surface area contributed by atoms with Gasteiger partial charge in [0, 0.05) is 16.7 Å². The summed E-state index contributed by atoms with van der Waals surface area (Å²) in [6, 6.07) is 12.8. The molecule has 2 aromatic carbocycles. The van der Waals surface area contributed by atoms with Crippen molar-refractivity contribution in [3.8, 4) is 17.2 Å². The molecule has 0 saturated heterocycles. The minimum Gasteiger partial charge on any atom is -0.497 e. The summed E-state index contributed by atoms with van der Waals surface area (Å²) in [4.78, 5) is 0. The summed E-state index contributed by atoms with van der Waals surface area (Å²) in [5.41, 5.74) is 0.854. The van der Waals surface area contributed by atoms with E-state index >= 15 is 0 Å². The molecule has 94 valence electrons. The monoisotopic (exact) mass is 282 g/mol. The summed E-state index contributed by atoms with van der Waals surface area (Å²) in [5.74, 6) is 2.49. The molecule has 2 rings (SSSR count). The third kappa shape index (κ3) is 3.09. The van der Waals surface area contributed by atoms with Gasteiger partial charge in [0.05, 0.1) is 13.0 Å². The highest BCUT2D eigenvalue weighted by molar-refractivity contribution is 6.30. The lowest BCUT2D eigenvalue weighted by Crippen LogP contribution is -1.90. The van der Waals surface area contributed by atoms with Gasteiger partial charge < -0.3 is 9.47 Å². The second-order valence-electron chi connectivity index (χ2n) is 3.67. The number of methoxy groups -OCH3 is 1. The maximum Gasteiger partial charge on any atom is 0.131 e. The molecule has 0 aliphatic rings. The Hall–Kier alpha value is -1.38. The largest absolute Gasteiger partial charge is 0.497 e. The Balaban J connectivity index is 2.27. The van der Waals surface area contributed by atoms with Crippen molar-refractivity contribution < 1.29 is 9.47 Å². The van der Waals surface area contributed by atoms with Crippen LogP contribution in [0.3, 0.4) is 0 Å². The van der Waals surface area contributed by atoms with Crippen LogP contribution in [0.4, 0.5) is 0 Å². The number of hydrogen-bond donors (Lipinski definition) is 0. The number of ether oxygens (including phenoxy) is 2. The highest BCUT2D eigenvalue weighted by Gasteiger charge is 2.06. The van der Waals surface area contributed by atoms with Crippen LogP contribution in [-0.2, 0) is 5.88 Å². The van der Waals surface area contributed by atoms with Crippen LogP contribution in [0, 0.1) is 0 Å². The molecule has 0 N–H and O–H groups in total. The van der Waals surface area contributed by atoms with Crippen LogP contribution in [0.15, 0.2) is 42.5 Å². The van der Waals surface area contributed by atoms with Crippen LogP contribution < -0.4 is 9.47 Å². The van der Waals surface area contributed by atoms with Crippen molar-refractivity contribution in [3.63, 3.8) is 0 Å². The fraction of sp³-hybridized carbons (Fsp3) is 0.143. The van der Waals surface area contributed by atoms with Gasteiger partial charge in [-0.2, -0.15) is 0 Å². The lowest BCUT2D eigenvalue weighted by atomic mass is 10.2. The number of alkyl halides is 1. The summed E-state index contributed by atoms with van der Waals surface area (Å²) in [7, 11) is 1.62. The van der Waals surface area contributed by atoms with Crippen molar-refractivity contribution in [2.24, 2.45) is 0 Å². The molecule has 0 saturated carbocycles. The summed E-state index contributed by atoms with van der Waals surface area (Å²) in [5, 5.41) is 0.642. The maximum absolute atomic E-state index is 5.91. The molecule has 0 fully saturated rings. The van der Waals surface area contributed by atoms with Crippen molar-refractivity contribution in [2.45, 2.75) is 5.88 Å². The lowest BCUT2D eigenvalue weighted by molar-refractivity contribution is 0.408. The second-order valence-corrected chi connectivity index (χ2v) is 4.37. The van der Waals surface area contributed by atoms with Gasteiger partial charge in [-0.15, -0.1) is 11.6 Å². The first-order valence-corrected chi connectivity index (χ1v) is 6.30. The molecule has 0 bridgehead atoms. The molecule has 0 heterocycles. The van der Waals surface area contributed by atoms with Gasteiger partial charge in [0.15, 0.2) is 0 Å². The van der Waals surface area contributed by atoms with Crippen LogP contribution in [0.25, 0.3) is 0 Å². The number of rotatable bonds is 4. The Morgan fingerprint density at radius 2 is 1.83 bits per heavy atom. The minimum absolute atomic E-state index is 0.347. The summed E-state index contributed by atoms with van der Waals surface area (Å²) < 4.78 is 10.9. The first-order valence-electron chi connectivity index (χ1n) is 5.39. The predicted octanol–water partition coefficient (Wildman–Crippen LogP) is 4.88. The van der Waals surface area contributed by atoms with Crippen molar-refractivity contribution in [3.05, 3.63) is 53.1 Å². The third-order valence-electron chi connectivity index (χ3n) is 2.44. The zero-order valence-electron chi connectivity index (χ0n) is 9.82. The Labute approximate surface area is 116 Å². The van der Waals surface area contributed by atoms with Crippen molar-refractivity contribution in [1.29, 1.82) is 0 Å². The first-order chi connectivity index (χ1) is 8.72. The van der Waals surface area contributed by atoms with Crippen LogP contribution >= 0.6 is 23.2 Å². The van der Waals surface area contributed by atoms with Crippen LogP contribution in [-0.4, -0.2) is 7.11 Å². The molecule has 0 atom stereocenters. The molecular formula is C14H12Cl2O2. The SMILES string of the molecule is COc1cccc(Oc2ccc(Cl)cc2CCl)c1. The smallest absolute Gasteiger partial charge is 0.131 e. The summed E-state index contributed by atoms with van der Waals surface area (Å²) in [6.45, 7) is 0. The van der Waals surface area contributed by atoms with Gasteiger partial charge in [-0.25, -0.2) is 0 Å².